The molecular weight excluding hydrogens is 444 g/mol. The van der Waals surface area contributed by atoms with E-state index in [2.05, 4.69) is 30.7 Å². The SMILES string of the molecule is COc1ccc(Cl)cc1S(=O)(=O)Nc1cccc(-c2ccc3cc(C(C)C)ccc3n2)c1. The maximum Gasteiger partial charge on any atom is 0.265 e. The van der Waals surface area contributed by atoms with Gasteiger partial charge in [-0.25, -0.2) is 13.4 Å². The monoisotopic (exact) mass is 466 g/mol. The van der Waals surface area contributed by atoms with Crippen LogP contribution in [-0.2, 0) is 10.0 Å². The average Bonchev–Trinajstić information content (AvgIpc) is 2.78. The van der Waals surface area contributed by atoms with E-state index >= 15 is 0 Å². The van der Waals surface area contributed by atoms with E-state index in [0.29, 0.717) is 16.6 Å². The Bertz CT molecular complexity index is 1400. The van der Waals surface area contributed by atoms with Gasteiger partial charge < -0.3 is 4.74 Å². The molecule has 4 aromatic rings. The zero-order chi connectivity index (χ0) is 22.9. The molecule has 1 heterocycles. The summed E-state index contributed by atoms with van der Waals surface area (Å²) in [5.41, 5.74) is 4.14. The summed E-state index contributed by atoms with van der Waals surface area (Å²) in [6, 6.07) is 21.8. The number of aromatic nitrogens is 1. The standard InChI is InChI=1S/C25H23ClN2O3S/c1-16(2)17-7-10-23-19(13-17)8-11-22(27-23)18-5-4-6-21(14-18)28-32(29,30)25-15-20(26)9-12-24(25)31-3/h4-16,28H,1-3H3. The predicted molar refractivity (Wildman–Crippen MR) is 130 cm³/mol. The summed E-state index contributed by atoms with van der Waals surface area (Å²) in [6.07, 6.45) is 0. The Balaban J connectivity index is 1.67. The van der Waals surface area contributed by atoms with Crippen molar-refractivity contribution in [3.8, 4) is 17.0 Å². The first-order valence-corrected chi connectivity index (χ1v) is 12.0. The number of nitrogens with zero attached hydrogens (tertiary/aromatic N) is 1. The van der Waals surface area contributed by atoms with Crippen LogP contribution in [-0.4, -0.2) is 20.5 Å². The molecule has 0 unspecified atom stereocenters. The van der Waals surface area contributed by atoms with Crippen molar-refractivity contribution in [3.05, 3.63) is 83.4 Å². The molecule has 7 heteroatoms. The first kappa shape index (κ1) is 22.1. The number of nitrogens with one attached hydrogen (secondary N) is 1. The third-order valence-electron chi connectivity index (χ3n) is 5.21. The highest BCUT2D eigenvalue weighted by Gasteiger charge is 2.20. The van der Waals surface area contributed by atoms with Gasteiger partial charge in [0.15, 0.2) is 0 Å². The fourth-order valence-corrected chi connectivity index (χ4v) is 4.96. The zero-order valence-corrected chi connectivity index (χ0v) is 19.5. The third-order valence-corrected chi connectivity index (χ3v) is 6.84. The fourth-order valence-electron chi connectivity index (χ4n) is 3.48. The van der Waals surface area contributed by atoms with Crippen molar-refractivity contribution in [1.82, 2.24) is 4.98 Å². The van der Waals surface area contributed by atoms with E-state index in [1.54, 1.807) is 24.3 Å². The minimum absolute atomic E-state index is 0.0253. The third kappa shape index (κ3) is 4.56. The first-order valence-electron chi connectivity index (χ1n) is 10.1. The maximum absolute atomic E-state index is 13.0. The van der Waals surface area contributed by atoms with Crippen LogP contribution in [0.3, 0.4) is 0 Å². The van der Waals surface area contributed by atoms with Crippen molar-refractivity contribution in [2.24, 2.45) is 0 Å². The summed E-state index contributed by atoms with van der Waals surface area (Å²) < 4.78 is 33.8. The Labute approximate surface area is 193 Å². The Morgan fingerprint density at radius 1 is 0.969 bits per heavy atom. The van der Waals surface area contributed by atoms with E-state index in [1.165, 1.54) is 24.8 Å². The van der Waals surface area contributed by atoms with Gasteiger partial charge in [-0.3, -0.25) is 4.72 Å². The Hall–Kier alpha value is -3.09. The van der Waals surface area contributed by atoms with Gasteiger partial charge in [0.05, 0.1) is 18.3 Å². The number of halogens is 1. The predicted octanol–water partition coefficient (Wildman–Crippen LogP) is 6.49. The number of sulfonamides is 1. The second-order valence-electron chi connectivity index (χ2n) is 7.78. The number of fused-ring (bicyclic) bond motifs is 1. The van der Waals surface area contributed by atoms with Gasteiger partial charge in [0.2, 0.25) is 0 Å². The van der Waals surface area contributed by atoms with Crippen molar-refractivity contribution >= 4 is 38.2 Å². The molecule has 0 bridgehead atoms. The van der Waals surface area contributed by atoms with Crippen molar-refractivity contribution in [1.29, 1.82) is 0 Å². The summed E-state index contributed by atoms with van der Waals surface area (Å²) in [7, 11) is -2.49. The molecular formula is C25H23ClN2O3S. The summed E-state index contributed by atoms with van der Waals surface area (Å²) in [5.74, 6) is 0.664. The fraction of sp³-hybridized carbons (Fsp3) is 0.160. The van der Waals surface area contributed by atoms with Gasteiger partial charge in [0.1, 0.15) is 10.6 Å². The van der Waals surface area contributed by atoms with E-state index in [9.17, 15) is 8.42 Å². The molecule has 1 aromatic heterocycles. The summed E-state index contributed by atoms with van der Waals surface area (Å²) in [5, 5.41) is 1.38. The molecule has 0 aliphatic carbocycles. The number of hydrogen-bond donors (Lipinski definition) is 1. The van der Waals surface area contributed by atoms with Crippen LogP contribution in [0.2, 0.25) is 5.02 Å². The zero-order valence-electron chi connectivity index (χ0n) is 18.0. The highest BCUT2D eigenvalue weighted by atomic mass is 35.5. The highest BCUT2D eigenvalue weighted by Crippen LogP contribution is 2.30. The van der Waals surface area contributed by atoms with E-state index < -0.39 is 10.0 Å². The molecule has 5 nitrogen and oxygen atoms in total. The molecule has 1 N–H and O–H groups in total. The number of benzene rings is 3. The van der Waals surface area contributed by atoms with Gasteiger partial charge in [-0.15, -0.1) is 0 Å². The van der Waals surface area contributed by atoms with Crippen molar-refractivity contribution in [2.75, 3.05) is 11.8 Å². The number of rotatable bonds is 6. The number of anilines is 1. The van der Waals surface area contributed by atoms with Crippen LogP contribution >= 0.6 is 11.6 Å². The van der Waals surface area contributed by atoms with Gasteiger partial charge >= 0.3 is 0 Å². The van der Waals surface area contributed by atoms with Gasteiger partial charge in [-0.05, 0) is 60.0 Å². The topological polar surface area (TPSA) is 68.3 Å². The minimum Gasteiger partial charge on any atom is -0.495 e. The van der Waals surface area contributed by atoms with Crippen LogP contribution in [0, 0.1) is 0 Å². The van der Waals surface area contributed by atoms with E-state index in [1.807, 2.05) is 24.3 Å². The van der Waals surface area contributed by atoms with Gasteiger partial charge in [-0.2, -0.15) is 0 Å². The van der Waals surface area contributed by atoms with Gasteiger partial charge in [0.25, 0.3) is 10.0 Å². The van der Waals surface area contributed by atoms with Crippen LogP contribution < -0.4 is 9.46 Å². The van der Waals surface area contributed by atoms with E-state index in [4.69, 9.17) is 21.3 Å². The maximum atomic E-state index is 13.0. The van der Waals surface area contributed by atoms with Gasteiger partial charge in [-0.1, -0.05) is 49.7 Å². The van der Waals surface area contributed by atoms with Crippen molar-refractivity contribution in [3.63, 3.8) is 0 Å². The van der Waals surface area contributed by atoms with Crippen LogP contribution in [0.1, 0.15) is 25.3 Å². The molecule has 0 saturated carbocycles. The number of pyridine rings is 1. The molecule has 0 aliphatic heterocycles. The van der Waals surface area contributed by atoms with Crippen LogP contribution in [0.5, 0.6) is 5.75 Å². The Morgan fingerprint density at radius 3 is 2.53 bits per heavy atom. The van der Waals surface area contributed by atoms with Crippen molar-refractivity contribution in [2.45, 2.75) is 24.7 Å². The number of ether oxygens (including phenoxy) is 1. The lowest BCUT2D eigenvalue weighted by Crippen LogP contribution is -2.14. The quantitative estimate of drug-likeness (QED) is 0.352. The minimum atomic E-state index is -3.91. The number of methoxy groups -OCH3 is 1. The summed E-state index contributed by atoms with van der Waals surface area (Å²) >= 11 is 6.01. The first-order chi connectivity index (χ1) is 15.3. The molecule has 0 spiro atoms. The highest BCUT2D eigenvalue weighted by molar-refractivity contribution is 7.92. The molecule has 0 amide bonds. The summed E-state index contributed by atoms with van der Waals surface area (Å²) in [4.78, 5) is 4.74. The average molecular weight is 467 g/mol. The second kappa shape index (κ2) is 8.81. The van der Waals surface area contributed by atoms with Crippen LogP contribution in [0.25, 0.3) is 22.2 Å². The molecule has 0 saturated heterocycles. The van der Waals surface area contributed by atoms with Gasteiger partial charge in [0, 0.05) is 21.7 Å². The lowest BCUT2D eigenvalue weighted by Gasteiger charge is -2.13. The van der Waals surface area contributed by atoms with Crippen LogP contribution in [0.15, 0.2) is 77.7 Å². The normalized spacial score (nSPS) is 11.7. The van der Waals surface area contributed by atoms with E-state index in [-0.39, 0.29) is 10.6 Å². The summed E-state index contributed by atoms with van der Waals surface area (Å²) in [6.45, 7) is 4.32. The second-order valence-corrected chi connectivity index (χ2v) is 9.87. The molecule has 0 aliphatic rings. The lowest BCUT2D eigenvalue weighted by atomic mass is 10.0. The lowest BCUT2D eigenvalue weighted by molar-refractivity contribution is 0.403. The Kier molecular flexibility index (Phi) is 6.09. The number of hydrogen-bond acceptors (Lipinski definition) is 4. The smallest absolute Gasteiger partial charge is 0.265 e. The molecule has 4 rings (SSSR count). The molecule has 0 atom stereocenters. The molecule has 3 aromatic carbocycles. The Morgan fingerprint density at radius 2 is 1.78 bits per heavy atom. The van der Waals surface area contributed by atoms with Crippen LogP contribution in [0.4, 0.5) is 5.69 Å². The molecule has 0 radical (unpaired) electrons. The molecule has 0 fully saturated rings. The molecule has 164 valence electrons. The van der Waals surface area contributed by atoms with E-state index in [0.717, 1.165) is 22.2 Å². The van der Waals surface area contributed by atoms with Crippen molar-refractivity contribution < 1.29 is 13.2 Å². The molecule has 32 heavy (non-hydrogen) atoms. The largest absolute Gasteiger partial charge is 0.495 e.